The maximum Gasteiger partial charge on any atom is 0.225 e. The van der Waals surface area contributed by atoms with Crippen LogP contribution in [0.1, 0.15) is 39.7 Å². The van der Waals surface area contributed by atoms with Crippen molar-refractivity contribution in [2.45, 2.75) is 52.7 Å². The topological polar surface area (TPSA) is 58.6 Å². The van der Waals surface area contributed by atoms with Crippen LogP contribution in [0.4, 0.5) is 0 Å². The zero-order valence-electron chi connectivity index (χ0n) is 13.4. The van der Waals surface area contributed by atoms with Crippen LogP contribution in [0.25, 0.3) is 0 Å². The molecule has 0 bridgehead atoms. The average molecular weight is 293 g/mol. The van der Waals surface area contributed by atoms with E-state index in [9.17, 15) is 9.90 Å². The summed E-state index contributed by atoms with van der Waals surface area (Å²) in [5.74, 6) is 0.401. The van der Waals surface area contributed by atoms with E-state index >= 15 is 0 Å². The summed E-state index contributed by atoms with van der Waals surface area (Å²) in [6.45, 7) is 8.19. The van der Waals surface area contributed by atoms with Crippen molar-refractivity contribution in [3.8, 4) is 5.75 Å². The largest absolute Gasteiger partial charge is 0.491 e. The average Bonchev–Trinajstić information content (AvgIpc) is 2.46. The molecule has 0 saturated heterocycles. The predicted octanol–water partition coefficient (Wildman–Crippen LogP) is 2.54. The molecule has 0 spiro atoms. The monoisotopic (exact) mass is 293 g/mol. The van der Waals surface area contributed by atoms with Crippen LogP contribution < -0.4 is 10.1 Å². The van der Waals surface area contributed by atoms with Gasteiger partial charge in [-0.15, -0.1) is 0 Å². The number of hydrogen-bond acceptors (Lipinski definition) is 3. The molecule has 0 saturated carbocycles. The van der Waals surface area contributed by atoms with Gasteiger partial charge in [-0.2, -0.15) is 0 Å². The Morgan fingerprint density at radius 2 is 1.86 bits per heavy atom. The third kappa shape index (κ3) is 6.17. The summed E-state index contributed by atoms with van der Waals surface area (Å²) in [5.41, 5.74) is 1.15. The molecule has 1 amide bonds. The van der Waals surface area contributed by atoms with Crippen LogP contribution in [0.3, 0.4) is 0 Å². The number of ether oxygens (including phenoxy) is 1. The Kier molecular flexibility index (Phi) is 7.23. The number of nitrogens with one attached hydrogen (secondary N) is 1. The fourth-order valence-electron chi connectivity index (χ4n) is 2.03. The van der Waals surface area contributed by atoms with Crippen molar-refractivity contribution >= 4 is 5.91 Å². The molecule has 118 valence electrons. The molecule has 0 aromatic heterocycles. The van der Waals surface area contributed by atoms with E-state index in [1.807, 2.05) is 45.0 Å². The Hall–Kier alpha value is -1.55. The Morgan fingerprint density at radius 1 is 1.24 bits per heavy atom. The lowest BCUT2D eigenvalue weighted by atomic mass is 10.0. The molecular formula is C17H27NO3. The van der Waals surface area contributed by atoms with Gasteiger partial charge in [0.1, 0.15) is 5.75 Å². The Morgan fingerprint density at radius 3 is 2.38 bits per heavy atom. The first-order valence-corrected chi connectivity index (χ1v) is 7.65. The highest BCUT2D eigenvalue weighted by Gasteiger charge is 2.19. The number of aliphatic hydroxyl groups excluding tert-OH is 1. The van der Waals surface area contributed by atoms with Crippen LogP contribution in [-0.2, 0) is 11.2 Å². The molecule has 0 aliphatic rings. The van der Waals surface area contributed by atoms with Gasteiger partial charge in [-0.1, -0.05) is 26.0 Å². The van der Waals surface area contributed by atoms with Gasteiger partial charge >= 0.3 is 0 Å². The number of amides is 1. The summed E-state index contributed by atoms with van der Waals surface area (Å²) in [5, 5.41) is 12.5. The molecule has 2 N–H and O–H groups in total. The Bertz CT molecular complexity index is 428. The lowest BCUT2D eigenvalue weighted by Crippen LogP contribution is -2.36. The quantitative estimate of drug-likeness (QED) is 0.774. The molecule has 2 unspecified atom stereocenters. The van der Waals surface area contributed by atoms with Crippen LogP contribution in [0.5, 0.6) is 5.75 Å². The minimum absolute atomic E-state index is 0.0934. The Balaban J connectivity index is 2.37. The van der Waals surface area contributed by atoms with Crippen molar-refractivity contribution in [2.75, 3.05) is 6.54 Å². The van der Waals surface area contributed by atoms with Gasteiger partial charge in [0.05, 0.1) is 18.1 Å². The van der Waals surface area contributed by atoms with E-state index in [4.69, 9.17) is 4.74 Å². The summed E-state index contributed by atoms with van der Waals surface area (Å²) in [6.07, 6.45) is 0.952. The number of aliphatic hydroxyl groups is 1. The minimum Gasteiger partial charge on any atom is -0.491 e. The molecule has 0 fully saturated rings. The lowest BCUT2D eigenvalue weighted by Gasteiger charge is -2.16. The van der Waals surface area contributed by atoms with Crippen molar-refractivity contribution in [2.24, 2.45) is 5.92 Å². The van der Waals surface area contributed by atoms with Crippen LogP contribution >= 0.6 is 0 Å². The molecule has 0 radical (unpaired) electrons. The first-order chi connectivity index (χ1) is 9.93. The molecule has 4 heteroatoms. The normalized spacial score (nSPS) is 13.8. The summed E-state index contributed by atoms with van der Waals surface area (Å²) in [4.78, 5) is 11.8. The molecular weight excluding hydrogens is 266 g/mol. The molecule has 21 heavy (non-hydrogen) atoms. The van der Waals surface area contributed by atoms with Gasteiger partial charge in [-0.25, -0.2) is 0 Å². The van der Waals surface area contributed by atoms with Crippen LogP contribution in [0, 0.1) is 5.92 Å². The second-order valence-corrected chi connectivity index (χ2v) is 5.62. The number of rotatable bonds is 8. The summed E-state index contributed by atoms with van der Waals surface area (Å²) < 4.78 is 5.58. The third-order valence-corrected chi connectivity index (χ3v) is 3.42. The molecule has 1 rings (SSSR count). The first-order valence-electron chi connectivity index (χ1n) is 7.65. The first kappa shape index (κ1) is 17.5. The molecule has 1 aromatic carbocycles. The highest BCUT2D eigenvalue weighted by molar-refractivity contribution is 5.78. The van der Waals surface area contributed by atoms with Gasteiger partial charge < -0.3 is 15.2 Å². The third-order valence-electron chi connectivity index (χ3n) is 3.42. The fraction of sp³-hybridized carbons (Fsp3) is 0.588. The molecule has 1 aromatic rings. The van der Waals surface area contributed by atoms with Crippen molar-refractivity contribution in [3.05, 3.63) is 29.8 Å². The summed E-state index contributed by atoms with van der Waals surface area (Å²) in [7, 11) is 0. The highest BCUT2D eigenvalue weighted by Crippen LogP contribution is 2.14. The van der Waals surface area contributed by atoms with Crippen LogP contribution in [0.15, 0.2) is 24.3 Å². The lowest BCUT2D eigenvalue weighted by molar-refractivity contribution is -0.127. The minimum atomic E-state index is -0.572. The number of carbonyl (C=O) groups excluding carboxylic acids is 1. The second kappa shape index (κ2) is 8.67. The van der Waals surface area contributed by atoms with Crippen molar-refractivity contribution in [1.82, 2.24) is 5.32 Å². The SMILES string of the molecule is CCC(O)C(C)C(=O)NCCc1ccc(OC(C)C)cc1. The second-order valence-electron chi connectivity index (χ2n) is 5.62. The van der Waals surface area contributed by atoms with E-state index in [1.54, 1.807) is 6.92 Å². The zero-order valence-corrected chi connectivity index (χ0v) is 13.4. The summed E-state index contributed by atoms with van der Waals surface area (Å²) >= 11 is 0. The smallest absolute Gasteiger partial charge is 0.225 e. The standard InChI is InChI=1S/C17H27NO3/c1-5-16(19)13(4)17(20)18-11-10-14-6-8-15(9-7-14)21-12(2)3/h6-9,12-13,16,19H,5,10-11H2,1-4H3,(H,18,20). The Labute approximate surface area is 127 Å². The number of hydrogen-bond donors (Lipinski definition) is 2. The van der Waals surface area contributed by atoms with E-state index in [-0.39, 0.29) is 17.9 Å². The van der Waals surface area contributed by atoms with Crippen molar-refractivity contribution < 1.29 is 14.6 Å². The molecule has 0 heterocycles. The van der Waals surface area contributed by atoms with E-state index in [0.29, 0.717) is 13.0 Å². The highest BCUT2D eigenvalue weighted by atomic mass is 16.5. The van der Waals surface area contributed by atoms with Crippen molar-refractivity contribution in [1.29, 1.82) is 0 Å². The number of carbonyl (C=O) groups is 1. The molecule has 0 aliphatic carbocycles. The maximum absolute atomic E-state index is 11.8. The van der Waals surface area contributed by atoms with E-state index in [1.165, 1.54) is 0 Å². The number of benzene rings is 1. The van der Waals surface area contributed by atoms with Crippen LogP contribution in [0.2, 0.25) is 0 Å². The van der Waals surface area contributed by atoms with Gasteiger partial charge in [-0.05, 0) is 44.4 Å². The van der Waals surface area contributed by atoms with E-state index in [2.05, 4.69) is 5.32 Å². The van der Waals surface area contributed by atoms with Gasteiger partial charge in [-0.3, -0.25) is 4.79 Å². The van der Waals surface area contributed by atoms with Gasteiger partial charge in [0.25, 0.3) is 0 Å². The van der Waals surface area contributed by atoms with Gasteiger partial charge in [0, 0.05) is 6.54 Å². The zero-order chi connectivity index (χ0) is 15.8. The van der Waals surface area contributed by atoms with E-state index < -0.39 is 6.10 Å². The molecule has 4 nitrogen and oxygen atoms in total. The van der Waals surface area contributed by atoms with Gasteiger partial charge in [0.2, 0.25) is 5.91 Å². The van der Waals surface area contributed by atoms with E-state index in [0.717, 1.165) is 17.7 Å². The molecule has 2 atom stereocenters. The van der Waals surface area contributed by atoms with Crippen molar-refractivity contribution in [3.63, 3.8) is 0 Å². The maximum atomic E-state index is 11.8. The molecule has 0 aliphatic heterocycles. The van der Waals surface area contributed by atoms with Crippen LogP contribution in [-0.4, -0.2) is 29.8 Å². The summed E-state index contributed by atoms with van der Waals surface area (Å²) in [6, 6.07) is 7.91. The predicted molar refractivity (Wildman–Crippen MR) is 84.4 cm³/mol. The fourth-order valence-corrected chi connectivity index (χ4v) is 2.03. The van der Waals surface area contributed by atoms with Gasteiger partial charge in [0.15, 0.2) is 0 Å².